The van der Waals surface area contributed by atoms with Crippen LogP contribution in [0.4, 0.5) is 8.78 Å². The molecule has 0 saturated carbocycles. The zero-order chi connectivity index (χ0) is 8.41. The predicted molar refractivity (Wildman–Crippen MR) is 31.8 cm³/mol. The molecule has 2 N–H and O–H groups in total. The Labute approximate surface area is 56.5 Å². The maximum atomic E-state index is 12.1. The Balaban J connectivity index is 4.40. The molecule has 0 unspecified atom stereocenters. The Hall–Kier alpha value is -0.250. The van der Waals surface area contributed by atoms with E-state index in [4.69, 9.17) is 9.79 Å². The van der Waals surface area contributed by atoms with Gasteiger partial charge >= 0.3 is 13.3 Å². The lowest BCUT2D eigenvalue weighted by Crippen LogP contribution is -2.14. The lowest BCUT2D eigenvalue weighted by molar-refractivity contribution is 0.0622. The maximum Gasteiger partial charge on any atom is 0.394 e. The highest BCUT2D eigenvalue weighted by atomic mass is 31.2. The number of hydrogen-bond acceptors (Lipinski definition) is 1. The Kier molecular flexibility index (Phi) is 2.71. The van der Waals surface area contributed by atoms with E-state index in [1.54, 1.807) is 0 Å². The fourth-order valence-electron chi connectivity index (χ4n) is 0.293. The Bertz CT molecular complexity index is 173. The van der Waals surface area contributed by atoms with Crippen LogP contribution in [0.15, 0.2) is 12.7 Å². The average molecular weight is 172 g/mol. The summed E-state index contributed by atoms with van der Waals surface area (Å²) >= 11 is 0. The minimum atomic E-state index is -5.29. The molecule has 0 saturated heterocycles. The van der Waals surface area contributed by atoms with Gasteiger partial charge in [-0.2, -0.15) is 8.78 Å². The van der Waals surface area contributed by atoms with Gasteiger partial charge in [0, 0.05) is 6.42 Å². The van der Waals surface area contributed by atoms with E-state index in [9.17, 15) is 13.3 Å². The van der Waals surface area contributed by atoms with E-state index in [1.807, 2.05) is 0 Å². The topological polar surface area (TPSA) is 57.5 Å². The summed E-state index contributed by atoms with van der Waals surface area (Å²) in [5.41, 5.74) is -3.96. The summed E-state index contributed by atoms with van der Waals surface area (Å²) < 4.78 is 34.1. The van der Waals surface area contributed by atoms with Crippen LogP contribution >= 0.6 is 7.60 Å². The third-order valence-electron chi connectivity index (χ3n) is 0.816. The predicted octanol–water partition coefficient (Wildman–Crippen LogP) is 1.33. The van der Waals surface area contributed by atoms with Crippen molar-refractivity contribution < 1.29 is 23.1 Å². The van der Waals surface area contributed by atoms with Gasteiger partial charge < -0.3 is 9.79 Å². The molecular weight excluding hydrogens is 165 g/mol. The summed E-state index contributed by atoms with van der Waals surface area (Å²) in [5, 5.41) is 0. The van der Waals surface area contributed by atoms with E-state index in [1.165, 1.54) is 0 Å². The van der Waals surface area contributed by atoms with Crippen LogP contribution in [0.25, 0.3) is 0 Å². The molecule has 0 spiro atoms. The van der Waals surface area contributed by atoms with Gasteiger partial charge in [-0.15, -0.1) is 6.58 Å². The zero-order valence-electron chi connectivity index (χ0n) is 5.00. The SMILES string of the molecule is C=CCC(F)(F)P(=O)(O)O. The highest BCUT2D eigenvalue weighted by molar-refractivity contribution is 7.53. The second-order valence-corrected chi connectivity index (χ2v) is 3.45. The van der Waals surface area contributed by atoms with Gasteiger partial charge in [-0.25, -0.2) is 0 Å². The average Bonchev–Trinajstić information content (AvgIpc) is 1.61. The first kappa shape index (κ1) is 9.75. The van der Waals surface area contributed by atoms with Crippen molar-refractivity contribution in [3.05, 3.63) is 12.7 Å². The smallest absolute Gasteiger partial charge is 0.320 e. The maximum absolute atomic E-state index is 12.1. The van der Waals surface area contributed by atoms with Gasteiger partial charge in [0.05, 0.1) is 0 Å². The summed E-state index contributed by atoms with van der Waals surface area (Å²) in [4.78, 5) is 16.0. The van der Waals surface area contributed by atoms with Gasteiger partial charge in [0.1, 0.15) is 0 Å². The molecule has 0 amide bonds. The molecule has 3 nitrogen and oxygen atoms in total. The molecule has 0 rings (SSSR count). The molecule has 0 fully saturated rings. The van der Waals surface area contributed by atoms with Crippen LogP contribution in [0.2, 0.25) is 0 Å². The second kappa shape index (κ2) is 2.78. The van der Waals surface area contributed by atoms with Crippen molar-refractivity contribution in [1.82, 2.24) is 0 Å². The standard InChI is InChI=1S/C4H7F2O3P/c1-2-3-4(5,6)10(7,8)9/h2H,1,3H2,(H2,7,8,9). The molecule has 0 atom stereocenters. The lowest BCUT2D eigenvalue weighted by atomic mass is 10.4. The van der Waals surface area contributed by atoms with Crippen molar-refractivity contribution in [3.63, 3.8) is 0 Å². The van der Waals surface area contributed by atoms with Gasteiger partial charge in [-0.1, -0.05) is 6.08 Å². The number of halogens is 2. The van der Waals surface area contributed by atoms with Crippen LogP contribution in [-0.4, -0.2) is 15.5 Å². The van der Waals surface area contributed by atoms with Crippen LogP contribution in [0.3, 0.4) is 0 Å². The molecule has 6 heteroatoms. The third kappa shape index (κ3) is 2.17. The minimum absolute atomic E-state index is 0.763. The normalized spacial score (nSPS) is 13.2. The molecule has 0 aromatic carbocycles. The molecule has 10 heavy (non-hydrogen) atoms. The fraction of sp³-hybridized carbons (Fsp3) is 0.500. The van der Waals surface area contributed by atoms with Crippen molar-refractivity contribution in [3.8, 4) is 0 Å². The first-order chi connectivity index (χ1) is 4.31. The van der Waals surface area contributed by atoms with Gasteiger partial charge in [-0.3, -0.25) is 4.57 Å². The van der Waals surface area contributed by atoms with Crippen LogP contribution in [0, 0.1) is 0 Å². The van der Waals surface area contributed by atoms with Gasteiger partial charge in [0.2, 0.25) is 0 Å². The number of allylic oxidation sites excluding steroid dienone is 1. The van der Waals surface area contributed by atoms with Crippen molar-refractivity contribution >= 4 is 7.60 Å². The van der Waals surface area contributed by atoms with E-state index in [0.717, 1.165) is 6.08 Å². The summed E-state index contributed by atoms with van der Waals surface area (Å²) in [7, 11) is -5.29. The van der Waals surface area contributed by atoms with Crippen molar-refractivity contribution in [2.75, 3.05) is 0 Å². The molecule has 0 aromatic rings. The summed E-state index contributed by atoms with van der Waals surface area (Å²) in [6, 6.07) is 0. The van der Waals surface area contributed by atoms with Gasteiger partial charge in [0.15, 0.2) is 0 Å². The van der Waals surface area contributed by atoms with Crippen molar-refractivity contribution in [1.29, 1.82) is 0 Å². The number of rotatable bonds is 3. The van der Waals surface area contributed by atoms with E-state index < -0.39 is 19.7 Å². The second-order valence-electron chi connectivity index (χ2n) is 1.70. The molecule has 0 aliphatic rings. The first-order valence-corrected chi connectivity index (χ1v) is 3.97. The van der Waals surface area contributed by atoms with E-state index >= 15 is 0 Å². The highest BCUT2D eigenvalue weighted by Gasteiger charge is 2.47. The molecule has 0 aliphatic carbocycles. The van der Waals surface area contributed by atoms with Crippen molar-refractivity contribution in [2.24, 2.45) is 0 Å². The number of alkyl halides is 2. The molecule has 0 aliphatic heterocycles. The molecule has 0 heterocycles. The third-order valence-corrected chi connectivity index (χ3v) is 1.85. The van der Waals surface area contributed by atoms with Crippen LogP contribution in [0.5, 0.6) is 0 Å². The highest BCUT2D eigenvalue weighted by Crippen LogP contribution is 2.54. The zero-order valence-corrected chi connectivity index (χ0v) is 5.89. The first-order valence-electron chi connectivity index (χ1n) is 2.35. The van der Waals surface area contributed by atoms with Crippen LogP contribution in [0.1, 0.15) is 6.42 Å². The largest absolute Gasteiger partial charge is 0.394 e. The quantitative estimate of drug-likeness (QED) is 0.498. The molecule has 0 aromatic heterocycles. The van der Waals surface area contributed by atoms with E-state index in [-0.39, 0.29) is 0 Å². The molecule has 0 radical (unpaired) electrons. The summed E-state index contributed by atoms with van der Waals surface area (Å²) in [5.74, 6) is 0. The Morgan fingerprint density at radius 3 is 2.10 bits per heavy atom. The van der Waals surface area contributed by atoms with Crippen LogP contribution in [-0.2, 0) is 4.57 Å². The minimum Gasteiger partial charge on any atom is -0.320 e. The number of hydrogen-bond donors (Lipinski definition) is 2. The van der Waals surface area contributed by atoms with Crippen LogP contribution < -0.4 is 0 Å². The fourth-order valence-corrected chi connectivity index (χ4v) is 0.660. The Morgan fingerprint density at radius 2 is 2.00 bits per heavy atom. The van der Waals surface area contributed by atoms with E-state index in [0.29, 0.717) is 0 Å². The van der Waals surface area contributed by atoms with Gasteiger partial charge in [-0.05, 0) is 0 Å². The van der Waals surface area contributed by atoms with Crippen molar-refractivity contribution in [2.45, 2.75) is 12.1 Å². The molecule has 0 bridgehead atoms. The molecular formula is C4H7F2O3P. The summed E-state index contributed by atoms with van der Waals surface area (Å²) in [6.45, 7) is 2.94. The monoisotopic (exact) mass is 172 g/mol. The molecule has 60 valence electrons. The Morgan fingerprint density at radius 1 is 1.60 bits per heavy atom. The summed E-state index contributed by atoms with van der Waals surface area (Å²) in [6.07, 6.45) is -0.240. The van der Waals surface area contributed by atoms with Gasteiger partial charge in [0.25, 0.3) is 0 Å². The van der Waals surface area contributed by atoms with E-state index in [2.05, 4.69) is 6.58 Å². The lowest BCUT2D eigenvalue weighted by Gasteiger charge is -2.14.